The second kappa shape index (κ2) is 5.87. The molecule has 1 atom stereocenters. The van der Waals surface area contributed by atoms with Crippen molar-refractivity contribution in [3.05, 3.63) is 35.4 Å². The van der Waals surface area contributed by atoms with E-state index >= 15 is 0 Å². The molecule has 1 heterocycles. The Hall–Kier alpha value is -1.86. The number of ether oxygens (including phenoxy) is 1. The lowest BCUT2D eigenvalue weighted by atomic mass is 9.75. The van der Waals surface area contributed by atoms with Gasteiger partial charge in [-0.15, -0.1) is 0 Å². The quantitative estimate of drug-likeness (QED) is 0.701. The SMILES string of the molecule is CC(=O)N[C@H](B(O)O)c1cccc(C2=NC(C)(C)CO2)c1. The van der Waals surface area contributed by atoms with Gasteiger partial charge in [0, 0.05) is 12.5 Å². The first kappa shape index (κ1) is 15.5. The van der Waals surface area contributed by atoms with Crippen LogP contribution in [0, 0.1) is 0 Å². The predicted molar refractivity (Wildman–Crippen MR) is 79.8 cm³/mol. The van der Waals surface area contributed by atoms with E-state index in [1.807, 2.05) is 19.9 Å². The molecule has 1 aliphatic heterocycles. The number of nitrogens with zero attached hydrogens (tertiary/aromatic N) is 1. The first-order valence-electron chi connectivity index (χ1n) is 6.75. The summed E-state index contributed by atoms with van der Waals surface area (Å²) >= 11 is 0. The normalized spacial score (nSPS) is 17.7. The van der Waals surface area contributed by atoms with E-state index in [9.17, 15) is 14.8 Å². The van der Waals surface area contributed by atoms with E-state index in [0.717, 1.165) is 5.56 Å². The third kappa shape index (κ3) is 3.83. The van der Waals surface area contributed by atoms with E-state index in [0.29, 0.717) is 18.1 Å². The van der Waals surface area contributed by atoms with Gasteiger partial charge in [0.15, 0.2) is 0 Å². The van der Waals surface area contributed by atoms with Crippen LogP contribution in [0.4, 0.5) is 0 Å². The van der Waals surface area contributed by atoms with Crippen molar-refractivity contribution in [2.24, 2.45) is 4.99 Å². The largest absolute Gasteiger partial charge is 0.480 e. The Bertz CT molecular complexity index is 572. The summed E-state index contributed by atoms with van der Waals surface area (Å²) in [5.74, 6) is -0.706. The van der Waals surface area contributed by atoms with Crippen molar-refractivity contribution in [3.8, 4) is 0 Å². The van der Waals surface area contributed by atoms with Crippen LogP contribution in [-0.4, -0.2) is 41.1 Å². The van der Waals surface area contributed by atoms with Crippen LogP contribution in [0.3, 0.4) is 0 Å². The van der Waals surface area contributed by atoms with Crippen molar-refractivity contribution in [2.45, 2.75) is 32.3 Å². The number of carbonyl (C=O) groups is 1. The van der Waals surface area contributed by atoms with E-state index in [4.69, 9.17) is 4.74 Å². The summed E-state index contributed by atoms with van der Waals surface area (Å²) in [4.78, 5) is 15.7. The first-order valence-corrected chi connectivity index (χ1v) is 6.75. The van der Waals surface area contributed by atoms with Gasteiger partial charge in [-0.1, -0.05) is 12.1 Å². The molecule has 1 amide bonds. The van der Waals surface area contributed by atoms with Gasteiger partial charge in [0.1, 0.15) is 6.61 Å². The van der Waals surface area contributed by atoms with Gasteiger partial charge >= 0.3 is 7.12 Å². The molecule has 1 aromatic carbocycles. The molecular formula is C14H19BN2O4. The molecule has 0 spiro atoms. The fraction of sp³-hybridized carbons (Fsp3) is 0.429. The Morgan fingerprint density at radius 3 is 2.71 bits per heavy atom. The average Bonchev–Trinajstić information content (AvgIpc) is 2.76. The molecule has 0 aliphatic carbocycles. The fourth-order valence-electron chi connectivity index (χ4n) is 2.15. The smallest absolute Gasteiger partial charge is 0.475 e. The number of hydrogen-bond donors (Lipinski definition) is 3. The lowest BCUT2D eigenvalue weighted by Crippen LogP contribution is -2.38. The first-order chi connectivity index (χ1) is 9.78. The van der Waals surface area contributed by atoms with Crippen molar-refractivity contribution in [1.29, 1.82) is 0 Å². The number of hydrogen-bond acceptors (Lipinski definition) is 5. The summed E-state index contributed by atoms with van der Waals surface area (Å²) in [5.41, 5.74) is 1.06. The lowest BCUT2D eigenvalue weighted by molar-refractivity contribution is -0.119. The number of amides is 1. The number of nitrogens with one attached hydrogen (secondary N) is 1. The minimum absolute atomic E-state index is 0.265. The van der Waals surface area contributed by atoms with Gasteiger partial charge in [0.2, 0.25) is 11.8 Å². The van der Waals surface area contributed by atoms with E-state index in [1.165, 1.54) is 6.92 Å². The van der Waals surface area contributed by atoms with E-state index in [1.54, 1.807) is 18.2 Å². The maximum absolute atomic E-state index is 11.2. The summed E-state index contributed by atoms with van der Waals surface area (Å²) in [6.07, 6.45) is 0. The van der Waals surface area contributed by atoms with Crippen molar-refractivity contribution < 1.29 is 19.6 Å². The van der Waals surface area contributed by atoms with Gasteiger partial charge in [-0.3, -0.25) is 4.79 Å². The molecule has 0 bridgehead atoms. The Labute approximate surface area is 124 Å². The number of benzene rings is 1. The molecule has 0 radical (unpaired) electrons. The van der Waals surface area contributed by atoms with Crippen LogP contribution in [0.1, 0.15) is 37.8 Å². The van der Waals surface area contributed by atoms with Crippen molar-refractivity contribution in [2.75, 3.05) is 6.61 Å². The van der Waals surface area contributed by atoms with Crippen molar-refractivity contribution >= 4 is 18.9 Å². The number of rotatable bonds is 4. The van der Waals surface area contributed by atoms with Crippen LogP contribution < -0.4 is 5.32 Å². The molecule has 0 saturated carbocycles. The molecule has 0 saturated heterocycles. The van der Waals surface area contributed by atoms with Gasteiger partial charge in [-0.25, -0.2) is 4.99 Å². The zero-order valence-corrected chi connectivity index (χ0v) is 12.3. The maximum Gasteiger partial charge on any atom is 0.480 e. The van der Waals surface area contributed by atoms with E-state index in [2.05, 4.69) is 10.3 Å². The molecule has 1 aromatic rings. The van der Waals surface area contributed by atoms with Crippen molar-refractivity contribution in [1.82, 2.24) is 5.32 Å². The Kier molecular flexibility index (Phi) is 4.34. The topological polar surface area (TPSA) is 91.2 Å². The van der Waals surface area contributed by atoms with Crippen LogP contribution in [-0.2, 0) is 9.53 Å². The van der Waals surface area contributed by atoms with Gasteiger partial charge in [0.05, 0.1) is 11.5 Å². The molecule has 6 nitrogen and oxygen atoms in total. The van der Waals surface area contributed by atoms with E-state index < -0.39 is 13.1 Å². The summed E-state index contributed by atoms with van der Waals surface area (Å²) in [6, 6.07) is 7.04. The Morgan fingerprint density at radius 2 is 2.19 bits per heavy atom. The van der Waals surface area contributed by atoms with Crippen LogP contribution >= 0.6 is 0 Å². The second-order valence-electron chi connectivity index (χ2n) is 5.74. The highest BCUT2D eigenvalue weighted by Gasteiger charge is 2.29. The average molecular weight is 290 g/mol. The summed E-state index contributed by atoms with van der Waals surface area (Å²) in [6.45, 7) is 5.78. The van der Waals surface area contributed by atoms with Crippen LogP contribution in [0.5, 0.6) is 0 Å². The van der Waals surface area contributed by atoms with Crippen LogP contribution in [0.2, 0.25) is 0 Å². The Morgan fingerprint density at radius 1 is 1.48 bits per heavy atom. The lowest BCUT2D eigenvalue weighted by Gasteiger charge is -2.17. The zero-order valence-electron chi connectivity index (χ0n) is 12.3. The highest BCUT2D eigenvalue weighted by Crippen LogP contribution is 2.23. The molecule has 7 heteroatoms. The zero-order chi connectivity index (χ0) is 15.6. The highest BCUT2D eigenvalue weighted by molar-refractivity contribution is 6.43. The fourth-order valence-corrected chi connectivity index (χ4v) is 2.15. The summed E-state index contributed by atoms with van der Waals surface area (Å²) in [7, 11) is -1.69. The standard InChI is InChI=1S/C14H19BN2O4/c1-9(18)16-12(15(19)20)10-5-4-6-11(7-10)13-17-14(2,3)8-21-13/h4-7,12,19-20H,8H2,1-3H3,(H,16,18)/t12-/m0/s1. The molecule has 112 valence electrons. The molecule has 3 N–H and O–H groups in total. The summed E-state index contributed by atoms with van der Waals surface area (Å²) < 4.78 is 5.57. The van der Waals surface area contributed by atoms with Gasteiger partial charge < -0.3 is 20.1 Å². The molecule has 2 rings (SSSR count). The van der Waals surface area contributed by atoms with Crippen molar-refractivity contribution in [3.63, 3.8) is 0 Å². The van der Waals surface area contributed by atoms with E-state index in [-0.39, 0.29) is 11.4 Å². The number of carbonyl (C=O) groups excluding carboxylic acids is 1. The summed E-state index contributed by atoms with van der Waals surface area (Å²) in [5, 5.41) is 21.4. The second-order valence-corrected chi connectivity index (χ2v) is 5.74. The van der Waals surface area contributed by atoms with Crippen LogP contribution in [0.15, 0.2) is 29.3 Å². The molecular weight excluding hydrogens is 271 g/mol. The third-order valence-corrected chi connectivity index (χ3v) is 3.12. The predicted octanol–water partition coefficient (Wildman–Crippen LogP) is 0.431. The van der Waals surface area contributed by atoms with Crippen LogP contribution in [0.25, 0.3) is 0 Å². The van der Waals surface area contributed by atoms with Gasteiger partial charge in [-0.05, 0) is 31.5 Å². The molecule has 0 fully saturated rings. The third-order valence-electron chi connectivity index (χ3n) is 3.12. The molecule has 0 unspecified atom stereocenters. The Balaban J connectivity index is 2.30. The monoisotopic (exact) mass is 290 g/mol. The minimum Gasteiger partial charge on any atom is -0.475 e. The van der Waals surface area contributed by atoms with Gasteiger partial charge in [-0.2, -0.15) is 0 Å². The number of aliphatic imine (C=N–C) groups is 1. The molecule has 1 aliphatic rings. The molecule has 0 aromatic heterocycles. The minimum atomic E-state index is -1.69. The highest BCUT2D eigenvalue weighted by atomic mass is 16.5. The molecule has 21 heavy (non-hydrogen) atoms. The van der Waals surface area contributed by atoms with Gasteiger partial charge in [0.25, 0.3) is 0 Å². The maximum atomic E-state index is 11.2.